The van der Waals surface area contributed by atoms with Crippen molar-refractivity contribution in [1.29, 1.82) is 0 Å². The molecule has 1 heterocycles. The van der Waals surface area contributed by atoms with E-state index in [2.05, 4.69) is 37.4 Å². The third kappa shape index (κ3) is 4.51. The highest BCUT2D eigenvalue weighted by Crippen LogP contribution is 2.12. The minimum Gasteiger partial charge on any atom is -0.467 e. The van der Waals surface area contributed by atoms with Crippen molar-refractivity contribution in [2.45, 2.75) is 33.4 Å². The molecule has 0 saturated heterocycles. The number of hydrogen-bond donors (Lipinski definition) is 1. The fourth-order valence-corrected chi connectivity index (χ4v) is 2.21. The van der Waals surface area contributed by atoms with Crippen molar-refractivity contribution in [2.24, 2.45) is 0 Å². The number of hydrogen-bond acceptors (Lipinski definition) is 3. The van der Waals surface area contributed by atoms with Crippen LogP contribution in [0.25, 0.3) is 0 Å². The Labute approximate surface area is 121 Å². The second-order valence-electron chi connectivity index (χ2n) is 5.03. The van der Waals surface area contributed by atoms with Crippen molar-refractivity contribution in [2.75, 3.05) is 13.2 Å². The molecule has 0 aliphatic rings. The topological polar surface area (TPSA) is 34.4 Å². The van der Waals surface area contributed by atoms with E-state index in [0.717, 1.165) is 31.9 Å². The highest BCUT2D eigenvalue weighted by atomic mass is 16.5. The number of ether oxygens (including phenoxy) is 1. The van der Waals surface area contributed by atoms with Gasteiger partial charge in [-0.3, -0.25) is 0 Å². The summed E-state index contributed by atoms with van der Waals surface area (Å²) in [4.78, 5) is 0. The zero-order valence-corrected chi connectivity index (χ0v) is 12.3. The van der Waals surface area contributed by atoms with Crippen molar-refractivity contribution in [3.05, 3.63) is 59.0 Å². The van der Waals surface area contributed by atoms with Gasteiger partial charge in [-0.2, -0.15) is 0 Å². The minimum atomic E-state index is 0.559. The molecule has 0 atom stereocenters. The number of rotatable bonds is 8. The van der Waals surface area contributed by atoms with Crippen LogP contribution < -0.4 is 5.32 Å². The number of furan rings is 1. The predicted molar refractivity (Wildman–Crippen MR) is 80.6 cm³/mol. The Morgan fingerprint density at radius 2 is 1.90 bits per heavy atom. The maximum atomic E-state index is 5.54. The van der Waals surface area contributed by atoms with Gasteiger partial charge < -0.3 is 14.5 Å². The molecule has 0 saturated carbocycles. The van der Waals surface area contributed by atoms with E-state index in [1.54, 1.807) is 6.26 Å². The summed E-state index contributed by atoms with van der Waals surface area (Å²) >= 11 is 0. The predicted octanol–water partition coefficient (Wildman–Crippen LogP) is 3.59. The van der Waals surface area contributed by atoms with Gasteiger partial charge in [0.2, 0.25) is 0 Å². The number of nitrogens with one attached hydrogen (secondary N) is 1. The van der Waals surface area contributed by atoms with Crippen LogP contribution in [-0.4, -0.2) is 13.2 Å². The summed E-state index contributed by atoms with van der Waals surface area (Å²) in [5.41, 5.74) is 4.11. The average molecular weight is 273 g/mol. The van der Waals surface area contributed by atoms with E-state index in [1.807, 2.05) is 12.1 Å². The Bertz CT molecular complexity index is 485. The van der Waals surface area contributed by atoms with E-state index in [9.17, 15) is 0 Å². The maximum absolute atomic E-state index is 5.54. The molecule has 0 spiro atoms. The van der Waals surface area contributed by atoms with Crippen LogP contribution >= 0.6 is 0 Å². The molecule has 1 N–H and O–H groups in total. The molecular formula is C17H23NO2. The van der Waals surface area contributed by atoms with Gasteiger partial charge in [-0.15, -0.1) is 0 Å². The van der Waals surface area contributed by atoms with Gasteiger partial charge in [0.25, 0.3) is 0 Å². The van der Waals surface area contributed by atoms with Crippen molar-refractivity contribution >= 4 is 0 Å². The van der Waals surface area contributed by atoms with Gasteiger partial charge in [0.05, 0.1) is 6.26 Å². The van der Waals surface area contributed by atoms with E-state index >= 15 is 0 Å². The van der Waals surface area contributed by atoms with E-state index < -0.39 is 0 Å². The summed E-state index contributed by atoms with van der Waals surface area (Å²) in [6.45, 7) is 7.53. The van der Waals surface area contributed by atoms with Crippen molar-refractivity contribution < 1.29 is 9.15 Å². The molecular weight excluding hydrogens is 250 g/mol. The molecule has 108 valence electrons. The molecule has 0 aliphatic heterocycles. The van der Waals surface area contributed by atoms with E-state index in [4.69, 9.17) is 9.15 Å². The lowest BCUT2D eigenvalue weighted by Crippen LogP contribution is -2.17. The van der Waals surface area contributed by atoms with Gasteiger partial charge in [0.1, 0.15) is 12.4 Å². The molecule has 0 fully saturated rings. The van der Waals surface area contributed by atoms with Gasteiger partial charge in [-0.05, 0) is 55.6 Å². The smallest absolute Gasteiger partial charge is 0.129 e. The Morgan fingerprint density at radius 3 is 2.60 bits per heavy atom. The second-order valence-corrected chi connectivity index (χ2v) is 5.03. The van der Waals surface area contributed by atoms with Crippen LogP contribution in [0.4, 0.5) is 0 Å². The monoisotopic (exact) mass is 273 g/mol. The number of aryl methyl sites for hydroxylation is 2. The first-order valence-electron chi connectivity index (χ1n) is 7.13. The molecule has 3 nitrogen and oxygen atoms in total. The molecule has 0 bridgehead atoms. The quantitative estimate of drug-likeness (QED) is 0.746. The summed E-state index contributed by atoms with van der Waals surface area (Å²) in [5, 5.41) is 3.47. The number of benzene rings is 1. The second kappa shape index (κ2) is 7.88. The summed E-state index contributed by atoms with van der Waals surface area (Å²) in [7, 11) is 0. The molecule has 20 heavy (non-hydrogen) atoms. The van der Waals surface area contributed by atoms with Crippen LogP contribution in [0.2, 0.25) is 0 Å². The molecule has 3 heteroatoms. The minimum absolute atomic E-state index is 0.559. The fraction of sp³-hybridized carbons (Fsp3) is 0.412. The Hall–Kier alpha value is -1.58. The van der Waals surface area contributed by atoms with Crippen molar-refractivity contribution in [3.63, 3.8) is 0 Å². The lowest BCUT2D eigenvalue weighted by molar-refractivity contribution is 0.104. The van der Waals surface area contributed by atoms with Crippen LogP contribution in [0.3, 0.4) is 0 Å². The fourth-order valence-electron chi connectivity index (χ4n) is 2.21. The van der Waals surface area contributed by atoms with E-state index in [0.29, 0.717) is 6.61 Å². The van der Waals surface area contributed by atoms with Crippen LogP contribution in [0.15, 0.2) is 41.0 Å². The highest BCUT2D eigenvalue weighted by Gasteiger charge is 2.01. The van der Waals surface area contributed by atoms with Gasteiger partial charge in [0, 0.05) is 13.2 Å². The van der Waals surface area contributed by atoms with E-state index in [-0.39, 0.29) is 0 Å². The zero-order chi connectivity index (χ0) is 14.2. The summed E-state index contributed by atoms with van der Waals surface area (Å²) in [6, 6.07) is 10.2. The summed E-state index contributed by atoms with van der Waals surface area (Å²) in [6.07, 6.45) is 2.68. The van der Waals surface area contributed by atoms with Gasteiger partial charge in [-0.25, -0.2) is 0 Å². The zero-order valence-electron chi connectivity index (χ0n) is 12.3. The van der Waals surface area contributed by atoms with Gasteiger partial charge in [0.15, 0.2) is 0 Å². The third-order valence-corrected chi connectivity index (χ3v) is 3.41. The SMILES string of the molecule is Cc1cccc(C)c1CNCCCOCc1ccco1. The largest absolute Gasteiger partial charge is 0.467 e. The van der Waals surface area contributed by atoms with Crippen LogP contribution in [0, 0.1) is 13.8 Å². The van der Waals surface area contributed by atoms with Gasteiger partial charge >= 0.3 is 0 Å². The normalized spacial score (nSPS) is 10.9. The van der Waals surface area contributed by atoms with Crippen LogP contribution in [0.1, 0.15) is 28.9 Å². The molecule has 0 radical (unpaired) electrons. The van der Waals surface area contributed by atoms with Crippen molar-refractivity contribution in [3.8, 4) is 0 Å². The molecule has 1 aromatic heterocycles. The summed E-state index contributed by atoms with van der Waals surface area (Å²) < 4.78 is 10.7. The lowest BCUT2D eigenvalue weighted by atomic mass is 10.0. The summed E-state index contributed by atoms with van der Waals surface area (Å²) in [5.74, 6) is 0.883. The average Bonchev–Trinajstić information content (AvgIpc) is 2.93. The molecule has 1 aromatic carbocycles. The lowest BCUT2D eigenvalue weighted by Gasteiger charge is -2.10. The third-order valence-electron chi connectivity index (χ3n) is 3.41. The Kier molecular flexibility index (Phi) is 5.84. The first kappa shape index (κ1) is 14.8. The molecule has 0 unspecified atom stereocenters. The van der Waals surface area contributed by atoms with Crippen LogP contribution in [-0.2, 0) is 17.9 Å². The Morgan fingerprint density at radius 1 is 1.10 bits per heavy atom. The molecule has 2 rings (SSSR count). The first-order chi connectivity index (χ1) is 9.77. The standard InChI is InChI=1S/C17H23NO2/c1-14-6-3-7-15(2)17(14)12-18-9-5-10-19-13-16-8-4-11-20-16/h3-4,6-8,11,18H,5,9-10,12-13H2,1-2H3. The highest BCUT2D eigenvalue weighted by molar-refractivity contribution is 5.33. The van der Waals surface area contributed by atoms with Crippen molar-refractivity contribution in [1.82, 2.24) is 5.32 Å². The Balaban J connectivity index is 1.57. The van der Waals surface area contributed by atoms with Crippen LogP contribution in [0.5, 0.6) is 0 Å². The maximum Gasteiger partial charge on any atom is 0.129 e. The van der Waals surface area contributed by atoms with E-state index in [1.165, 1.54) is 16.7 Å². The molecule has 0 amide bonds. The molecule has 2 aromatic rings. The first-order valence-corrected chi connectivity index (χ1v) is 7.13. The van der Waals surface area contributed by atoms with Gasteiger partial charge in [-0.1, -0.05) is 18.2 Å². The molecule has 0 aliphatic carbocycles.